The molecule has 0 aromatic carbocycles. The van der Waals surface area contributed by atoms with E-state index in [-0.39, 0.29) is 38.9 Å². The Morgan fingerprint density at radius 1 is 1.06 bits per heavy atom. The first kappa shape index (κ1) is 27.4. The van der Waals surface area contributed by atoms with Gasteiger partial charge in [0.25, 0.3) is 0 Å². The summed E-state index contributed by atoms with van der Waals surface area (Å²) in [5, 5.41) is 6.15. The zero-order valence-corrected chi connectivity index (χ0v) is 19.9. The predicted octanol–water partition coefficient (Wildman–Crippen LogP) is 1.51. The molecule has 1 amide bonds. The number of carbonyl (C=O) groups is 3. The molecule has 1 saturated heterocycles. The lowest BCUT2D eigenvalue weighted by Gasteiger charge is -2.45. The van der Waals surface area contributed by atoms with Gasteiger partial charge in [-0.3, -0.25) is 14.4 Å². The van der Waals surface area contributed by atoms with Gasteiger partial charge in [-0.1, -0.05) is 5.11 Å². The van der Waals surface area contributed by atoms with Gasteiger partial charge in [-0.15, -0.1) is 0 Å². The van der Waals surface area contributed by atoms with Crippen molar-refractivity contribution in [3.8, 4) is 0 Å². The van der Waals surface area contributed by atoms with Gasteiger partial charge in [0.15, 0.2) is 18.5 Å². The third-order valence-corrected chi connectivity index (χ3v) is 4.99. The summed E-state index contributed by atoms with van der Waals surface area (Å²) in [7, 11) is 0. The Morgan fingerprint density at radius 2 is 1.79 bits per heavy atom. The molecule has 0 radical (unpaired) electrons. The maximum atomic E-state index is 12.0. The number of azide groups is 1. The van der Waals surface area contributed by atoms with Gasteiger partial charge in [-0.2, -0.15) is 0 Å². The van der Waals surface area contributed by atoms with Gasteiger partial charge in [-0.25, -0.2) is 0 Å². The van der Waals surface area contributed by atoms with Crippen LogP contribution in [0.5, 0.6) is 0 Å². The molecule has 0 aromatic rings. The van der Waals surface area contributed by atoms with Crippen LogP contribution in [0.2, 0.25) is 0 Å². The zero-order valence-electron chi connectivity index (χ0n) is 19.9. The number of allylic oxidation sites excluding steroid dienone is 2. The van der Waals surface area contributed by atoms with E-state index < -0.39 is 42.6 Å². The van der Waals surface area contributed by atoms with Gasteiger partial charge >= 0.3 is 11.9 Å². The lowest BCUT2D eigenvalue weighted by Crippen LogP contribution is -2.66. The molecule has 2 rings (SSSR count). The van der Waals surface area contributed by atoms with Crippen molar-refractivity contribution in [1.29, 1.82) is 0 Å². The van der Waals surface area contributed by atoms with Crippen LogP contribution >= 0.6 is 0 Å². The van der Waals surface area contributed by atoms with Crippen LogP contribution in [-0.2, 0) is 42.8 Å². The SMILES string of the molecule is CC(=O)N[C@H]1[C@H](OCCOCCN=[N+]=[N-])O[C@H](COC(C)=O)[C@H](OC(C)=O)[C@@H]1OC(C)=C1CC1. The molecule has 0 aromatic heterocycles. The van der Waals surface area contributed by atoms with E-state index in [9.17, 15) is 14.4 Å². The summed E-state index contributed by atoms with van der Waals surface area (Å²) in [6.45, 7) is 6.09. The van der Waals surface area contributed by atoms with Gasteiger partial charge in [0, 0.05) is 32.2 Å². The molecule has 1 aliphatic carbocycles. The van der Waals surface area contributed by atoms with Crippen molar-refractivity contribution in [1.82, 2.24) is 5.32 Å². The van der Waals surface area contributed by atoms with Crippen LogP contribution in [0.25, 0.3) is 10.4 Å². The molecule has 2 fully saturated rings. The highest BCUT2D eigenvalue weighted by molar-refractivity contribution is 5.73. The van der Waals surface area contributed by atoms with Gasteiger partial charge in [-0.05, 0) is 30.9 Å². The van der Waals surface area contributed by atoms with E-state index >= 15 is 0 Å². The molecule has 190 valence electrons. The van der Waals surface area contributed by atoms with Crippen LogP contribution in [0.15, 0.2) is 16.4 Å². The van der Waals surface area contributed by atoms with Gasteiger partial charge in [0.05, 0.1) is 25.6 Å². The van der Waals surface area contributed by atoms with E-state index in [1.54, 1.807) is 0 Å². The number of nitrogens with one attached hydrogen (secondary N) is 1. The molecule has 1 aliphatic heterocycles. The number of rotatable bonds is 13. The smallest absolute Gasteiger partial charge is 0.303 e. The molecule has 1 N–H and O–H groups in total. The zero-order chi connectivity index (χ0) is 25.1. The van der Waals surface area contributed by atoms with E-state index in [1.807, 2.05) is 6.92 Å². The predicted molar refractivity (Wildman–Crippen MR) is 116 cm³/mol. The number of carbonyl (C=O) groups excluding carboxylic acids is 3. The minimum absolute atomic E-state index is 0.0856. The van der Waals surface area contributed by atoms with Crippen LogP contribution in [0.3, 0.4) is 0 Å². The summed E-state index contributed by atoms with van der Waals surface area (Å²) in [4.78, 5) is 38.0. The molecule has 34 heavy (non-hydrogen) atoms. The molecule has 1 saturated carbocycles. The van der Waals surface area contributed by atoms with Gasteiger partial charge < -0.3 is 33.7 Å². The average Bonchev–Trinajstić information content (AvgIpc) is 3.60. The fraction of sp³-hybridized carbons (Fsp3) is 0.762. The molecule has 0 spiro atoms. The molecular weight excluding hydrogens is 452 g/mol. The van der Waals surface area contributed by atoms with Crippen molar-refractivity contribution in [3.05, 3.63) is 21.8 Å². The van der Waals surface area contributed by atoms with E-state index in [4.69, 9.17) is 34.0 Å². The quantitative estimate of drug-likeness (QED) is 0.102. The standard InChI is InChI=1S/C21H32N4O9/c1-12(16-5-6-16)32-20-18(24-13(2)26)21(30-10-9-29-8-7-23-25-22)34-17(11-31-14(3)27)19(20)33-15(4)28/h17-21H,5-11H2,1-4H3,(H,24,26)/t17-,18-,19+,20-,21-/m1/s1. The highest BCUT2D eigenvalue weighted by atomic mass is 16.7. The van der Waals surface area contributed by atoms with Crippen molar-refractivity contribution in [2.24, 2.45) is 5.11 Å². The van der Waals surface area contributed by atoms with Crippen molar-refractivity contribution in [2.75, 3.05) is 33.0 Å². The molecule has 13 heteroatoms. The fourth-order valence-electron chi connectivity index (χ4n) is 3.42. The number of hydrogen-bond donors (Lipinski definition) is 1. The molecule has 5 atom stereocenters. The Bertz CT molecular complexity index is 806. The Kier molecular flexibility index (Phi) is 11.1. The third kappa shape index (κ3) is 9.18. The number of esters is 2. The van der Waals surface area contributed by atoms with Crippen molar-refractivity contribution in [3.63, 3.8) is 0 Å². The summed E-state index contributed by atoms with van der Waals surface area (Å²) in [6, 6.07) is -0.840. The molecule has 0 unspecified atom stereocenters. The van der Waals surface area contributed by atoms with E-state index in [0.29, 0.717) is 5.76 Å². The van der Waals surface area contributed by atoms with Crippen LogP contribution < -0.4 is 5.32 Å². The molecule has 2 aliphatic rings. The normalized spacial score (nSPS) is 25.5. The highest BCUT2D eigenvalue weighted by Crippen LogP contribution is 2.35. The number of hydrogen-bond acceptors (Lipinski definition) is 10. The monoisotopic (exact) mass is 484 g/mol. The van der Waals surface area contributed by atoms with Crippen LogP contribution in [0.4, 0.5) is 0 Å². The Labute approximate surface area is 197 Å². The first-order chi connectivity index (χ1) is 16.2. The summed E-state index contributed by atoms with van der Waals surface area (Å²) >= 11 is 0. The lowest BCUT2D eigenvalue weighted by atomic mass is 9.96. The Morgan fingerprint density at radius 3 is 2.38 bits per heavy atom. The largest absolute Gasteiger partial charge is 0.489 e. The summed E-state index contributed by atoms with van der Waals surface area (Å²) < 4.78 is 34.0. The number of ether oxygens (including phenoxy) is 6. The number of nitrogens with zero attached hydrogens (tertiary/aromatic N) is 3. The van der Waals surface area contributed by atoms with E-state index in [1.165, 1.54) is 20.8 Å². The van der Waals surface area contributed by atoms with Gasteiger partial charge in [0.2, 0.25) is 5.91 Å². The minimum Gasteiger partial charge on any atom is -0.489 e. The van der Waals surface area contributed by atoms with Crippen LogP contribution in [-0.4, -0.2) is 81.5 Å². The second-order valence-corrected chi connectivity index (χ2v) is 7.83. The first-order valence-corrected chi connectivity index (χ1v) is 11.0. The Hall–Kier alpha value is -2.86. The number of amides is 1. The molecule has 0 bridgehead atoms. The van der Waals surface area contributed by atoms with E-state index in [2.05, 4.69) is 15.3 Å². The van der Waals surface area contributed by atoms with Crippen molar-refractivity contribution >= 4 is 17.8 Å². The average molecular weight is 485 g/mol. The van der Waals surface area contributed by atoms with E-state index in [0.717, 1.165) is 18.4 Å². The van der Waals surface area contributed by atoms with Crippen molar-refractivity contribution in [2.45, 2.75) is 71.2 Å². The van der Waals surface area contributed by atoms with Crippen LogP contribution in [0.1, 0.15) is 40.5 Å². The molecule has 1 heterocycles. The first-order valence-electron chi connectivity index (χ1n) is 11.0. The van der Waals surface area contributed by atoms with Crippen molar-refractivity contribution < 1.29 is 42.8 Å². The van der Waals surface area contributed by atoms with Gasteiger partial charge in [0.1, 0.15) is 18.8 Å². The molecule has 13 nitrogen and oxygen atoms in total. The lowest BCUT2D eigenvalue weighted by molar-refractivity contribution is -0.278. The van der Waals surface area contributed by atoms with Crippen LogP contribution in [0, 0.1) is 0 Å². The third-order valence-electron chi connectivity index (χ3n) is 4.99. The Balaban J connectivity index is 2.23. The second kappa shape index (κ2) is 13.8. The maximum absolute atomic E-state index is 12.0. The highest BCUT2D eigenvalue weighted by Gasteiger charge is 2.51. The summed E-state index contributed by atoms with van der Waals surface area (Å²) in [6.07, 6.45) is -1.96. The fourth-order valence-corrected chi connectivity index (χ4v) is 3.42. The maximum Gasteiger partial charge on any atom is 0.303 e. The summed E-state index contributed by atoms with van der Waals surface area (Å²) in [5.74, 6) is -0.807. The second-order valence-electron chi connectivity index (χ2n) is 7.83. The topological polar surface area (TPSA) is 167 Å². The minimum atomic E-state index is -1.01. The summed E-state index contributed by atoms with van der Waals surface area (Å²) in [5.41, 5.74) is 9.42. The molecular formula is C21H32N4O9.